The quantitative estimate of drug-likeness (QED) is 0.470. The van der Waals surface area contributed by atoms with E-state index in [9.17, 15) is 4.21 Å². The highest BCUT2D eigenvalue weighted by Gasteiger charge is 2.23. The number of rotatable bonds is 10. The van der Waals surface area contributed by atoms with Crippen molar-refractivity contribution in [2.75, 3.05) is 19.5 Å². The van der Waals surface area contributed by atoms with Crippen LogP contribution < -0.4 is 5.32 Å². The molecule has 1 fully saturated rings. The van der Waals surface area contributed by atoms with Gasteiger partial charge in [-0.25, -0.2) is 4.98 Å². The second-order valence-corrected chi connectivity index (χ2v) is 9.48. The normalized spacial score (nSPS) is 17.6. The van der Waals surface area contributed by atoms with Crippen LogP contribution in [0.2, 0.25) is 0 Å². The molecule has 33 heavy (non-hydrogen) atoms. The molecule has 2 aromatic rings. The standard InChI is InChI=1S/C26H36N4O2S/c1-6-10-24(29-23(8-3)19-11-14-27-26(17-19)33(5)31)21(7-2)22-18-28-30(25(22)9-4)20-12-15-32-16-13-20/h7,9-11,14,17-18,20,23,29H,4,6,8,12-13,15-16H2,1-3,5H3/b21-7+,24-10+. The van der Waals surface area contributed by atoms with Crippen LogP contribution in [0.1, 0.15) is 75.4 Å². The van der Waals surface area contributed by atoms with Crippen LogP contribution in [0.3, 0.4) is 0 Å². The molecule has 0 aliphatic carbocycles. The largest absolute Gasteiger partial charge is 0.381 e. The average Bonchev–Trinajstić information content (AvgIpc) is 3.27. The van der Waals surface area contributed by atoms with Crippen molar-refractivity contribution in [1.29, 1.82) is 0 Å². The first-order valence-corrected chi connectivity index (χ1v) is 13.3. The summed E-state index contributed by atoms with van der Waals surface area (Å²) in [4.78, 5) is 4.25. The van der Waals surface area contributed by atoms with Gasteiger partial charge in [0.1, 0.15) is 5.03 Å². The van der Waals surface area contributed by atoms with Gasteiger partial charge in [-0.15, -0.1) is 0 Å². The molecule has 1 saturated heterocycles. The van der Waals surface area contributed by atoms with Gasteiger partial charge in [0, 0.05) is 42.5 Å². The zero-order valence-electron chi connectivity index (χ0n) is 20.2. The van der Waals surface area contributed by atoms with E-state index in [2.05, 4.69) is 54.5 Å². The molecule has 0 bridgehead atoms. The van der Waals surface area contributed by atoms with Gasteiger partial charge in [0.15, 0.2) is 0 Å². The third-order valence-corrected chi connectivity index (χ3v) is 6.85. The summed E-state index contributed by atoms with van der Waals surface area (Å²) in [5.41, 5.74) is 5.37. The Bertz CT molecular complexity index is 1030. The predicted molar refractivity (Wildman–Crippen MR) is 136 cm³/mol. The molecule has 1 N–H and O–H groups in total. The van der Waals surface area contributed by atoms with Crippen molar-refractivity contribution in [1.82, 2.24) is 20.1 Å². The van der Waals surface area contributed by atoms with Crippen molar-refractivity contribution in [3.63, 3.8) is 0 Å². The maximum absolute atomic E-state index is 12.0. The summed E-state index contributed by atoms with van der Waals surface area (Å²) in [6.45, 7) is 12.0. The highest BCUT2D eigenvalue weighted by Crippen LogP contribution is 2.32. The van der Waals surface area contributed by atoms with Gasteiger partial charge in [0.2, 0.25) is 0 Å². The van der Waals surface area contributed by atoms with Gasteiger partial charge in [-0.05, 0) is 56.4 Å². The fourth-order valence-corrected chi connectivity index (χ4v) is 4.83. The van der Waals surface area contributed by atoms with E-state index in [1.54, 1.807) is 12.5 Å². The average molecular weight is 469 g/mol. The molecule has 0 radical (unpaired) electrons. The van der Waals surface area contributed by atoms with E-state index in [0.29, 0.717) is 11.1 Å². The van der Waals surface area contributed by atoms with Gasteiger partial charge >= 0.3 is 0 Å². The number of pyridine rings is 1. The molecule has 3 rings (SSSR count). The second-order valence-electron chi connectivity index (χ2n) is 8.15. The monoisotopic (exact) mass is 468 g/mol. The van der Waals surface area contributed by atoms with Crippen molar-refractivity contribution in [3.8, 4) is 0 Å². The van der Waals surface area contributed by atoms with Gasteiger partial charge in [-0.3, -0.25) is 8.89 Å². The third-order valence-electron chi connectivity index (χ3n) is 6.04. The summed E-state index contributed by atoms with van der Waals surface area (Å²) < 4.78 is 19.6. The minimum Gasteiger partial charge on any atom is -0.381 e. The molecule has 1 aliphatic heterocycles. The Balaban J connectivity index is 1.94. The van der Waals surface area contributed by atoms with Crippen LogP contribution in [0.15, 0.2) is 54.0 Å². The van der Waals surface area contributed by atoms with E-state index < -0.39 is 10.8 Å². The molecule has 0 spiro atoms. The van der Waals surface area contributed by atoms with Crippen LogP contribution in [0.25, 0.3) is 11.6 Å². The molecule has 2 unspecified atom stereocenters. The Kier molecular flexibility index (Phi) is 9.21. The molecule has 3 heterocycles. The first kappa shape index (κ1) is 25.1. The van der Waals surface area contributed by atoms with Crippen molar-refractivity contribution >= 4 is 22.4 Å². The van der Waals surface area contributed by atoms with E-state index in [-0.39, 0.29) is 6.04 Å². The first-order chi connectivity index (χ1) is 16.0. The molecular formula is C26H36N4O2S. The molecule has 2 aromatic heterocycles. The molecule has 0 amide bonds. The number of aromatic nitrogens is 3. The molecule has 2 atom stereocenters. The van der Waals surface area contributed by atoms with Crippen LogP contribution in [-0.4, -0.2) is 38.4 Å². The van der Waals surface area contributed by atoms with E-state index in [1.165, 1.54) is 0 Å². The third kappa shape index (κ3) is 5.89. The molecule has 1 aliphatic rings. The summed E-state index contributed by atoms with van der Waals surface area (Å²) in [5, 5.41) is 9.12. The number of hydrogen-bond donors (Lipinski definition) is 1. The Morgan fingerprint density at radius 2 is 2.15 bits per heavy atom. The summed E-state index contributed by atoms with van der Waals surface area (Å²) >= 11 is 0. The number of allylic oxidation sites excluding steroid dienone is 3. The summed E-state index contributed by atoms with van der Waals surface area (Å²) in [6.07, 6.45) is 15.3. The SMILES string of the molecule is C=Cc1c(C(=C\C)/C(=C\CC)NC(CC)c2ccnc(S(C)=O)c2)cnn1C1CCOCC1. The summed E-state index contributed by atoms with van der Waals surface area (Å²) in [5.74, 6) is 0. The van der Waals surface area contributed by atoms with E-state index in [0.717, 1.165) is 67.0 Å². The molecule has 178 valence electrons. The zero-order chi connectivity index (χ0) is 23.8. The molecule has 7 heteroatoms. The minimum absolute atomic E-state index is 0.0702. The van der Waals surface area contributed by atoms with Crippen LogP contribution in [0, 0.1) is 0 Å². The molecule has 0 saturated carbocycles. The van der Waals surface area contributed by atoms with Crippen molar-refractivity contribution < 1.29 is 8.95 Å². The maximum Gasteiger partial charge on any atom is 0.127 e. The maximum atomic E-state index is 12.0. The van der Waals surface area contributed by atoms with Crippen LogP contribution in [0.5, 0.6) is 0 Å². The molecule has 0 aromatic carbocycles. The Morgan fingerprint density at radius 1 is 1.39 bits per heavy atom. The first-order valence-electron chi connectivity index (χ1n) is 11.7. The highest BCUT2D eigenvalue weighted by atomic mass is 32.2. The Labute approximate surface area is 200 Å². The summed E-state index contributed by atoms with van der Waals surface area (Å²) in [7, 11) is -1.11. The van der Waals surface area contributed by atoms with Crippen LogP contribution >= 0.6 is 0 Å². The number of nitrogens with one attached hydrogen (secondary N) is 1. The fraction of sp³-hybridized carbons (Fsp3) is 0.462. The molecule has 6 nitrogen and oxygen atoms in total. The van der Waals surface area contributed by atoms with E-state index >= 15 is 0 Å². The Morgan fingerprint density at radius 3 is 2.76 bits per heavy atom. The Hall–Kier alpha value is -2.51. The highest BCUT2D eigenvalue weighted by molar-refractivity contribution is 7.84. The van der Waals surface area contributed by atoms with E-state index in [1.807, 2.05) is 24.4 Å². The lowest BCUT2D eigenvalue weighted by Gasteiger charge is -2.25. The topological polar surface area (TPSA) is 69.0 Å². The van der Waals surface area contributed by atoms with Gasteiger partial charge in [0.05, 0.1) is 34.8 Å². The number of hydrogen-bond acceptors (Lipinski definition) is 5. The van der Waals surface area contributed by atoms with Crippen molar-refractivity contribution in [2.24, 2.45) is 0 Å². The lowest BCUT2D eigenvalue weighted by molar-refractivity contribution is 0.0660. The molecular weight excluding hydrogens is 432 g/mol. The van der Waals surface area contributed by atoms with Crippen LogP contribution in [-0.2, 0) is 15.5 Å². The number of nitrogens with zero attached hydrogens (tertiary/aromatic N) is 3. The predicted octanol–water partition coefficient (Wildman–Crippen LogP) is 5.45. The van der Waals surface area contributed by atoms with Gasteiger partial charge < -0.3 is 10.1 Å². The second kappa shape index (κ2) is 12.1. The van der Waals surface area contributed by atoms with Gasteiger partial charge in [0.25, 0.3) is 0 Å². The summed E-state index contributed by atoms with van der Waals surface area (Å²) in [6, 6.07) is 4.34. The van der Waals surface area contributed by atoms with Crippen molar-refractivity contribution in [2.45, 2.75) is 63.6 Å². The van der Waals surface area contributed by atoms with Gasteiger partial charge in [-0.1, -0.05) is 32.6 Å². The lowest BCUT2D eigenvalue weighted by Crippen LogP contribution is -2.22. The lowest BCUT2D eigenvalue weighted by atomic mass is 9.98. The minimum atomic E-state index is -1.11. The smallest absolute Gasteiger partial charge is 0.127 e. The zero-order valence-corrected chi connectivity index (χ0v) is 21.0. The van der Waals surface area contributed by atoms with Crippen molar-refractivity contribution in [3.05, 3.63) is 65.8 Å². The number of ether oxygens (including phenoxy) is 1. The van der Waals surface area contributed by atoms with Gasteiger partial charge in [-0.2, -0.15) is 5.10 Å². The fourth-order valence-electron chi connectivity index (χ4n) is 4.32. The van der Waals surface area contributed by atoms with Crippen LogP contribution in [0.4, 0.5) is 0 Å². The van der Waals surface area contributed by atoms with E-state index in [4.69, 9.17) is 9.84 Å².